The van der Waals surface area contributed by atoms with Crippen molar-refractivity contribution < 1.29 is 9.59 Å². The summed E-state index contributed by atoms with van der Waals surface area (Å²) in [6.07, 6.45) is 0. The molecule has 0 atom stereocenters. The predicted octanol–water partition coefficient (Wildman–Crippen LogP) is -0.0158. The van der Waals surface area contributed by atoms with Crippen molar-refractivity contribution in [3.8, 4) is 0 Å². The molecule has 0 aliphatic rings. The molecule has 16 heavy (non-hydrogen) atoms. The molecule has 0 unspecified atom stereocenters. The fraction of sp³-hybridized carbons (Fsp3) is 0.333. The number of primary amides is 2. The van der Waals surface area contributed by atoms with Crippen LogP contribution in [-0.2, 0) is 0 Å². The van der Waals surface area contributed by atoms with Crippen molar-refractivity contribution in [1.82, 2.24) is 0 Å². The highest BCUT2D eigenvalue weighted by Crippen LogP contribution is 2.37. The molecule has 0 bridgehead atoms. The van der Waals surface area contributed by atoms with Crippen LogP contribution in [0.15, 0.2) is 0 Å². The van der Waals surface area contributed by atoms with E-state index in [1.807, 2.05) is 6.92 Å². The van der Waals surface area contributed by atoms with Crippen molar-refractivity contribution in [2.24, 2.45) is 11.5 Å². The molecular formula is C9H14N4O2S. The number of carbonyl (C=O) groups excluding carboxylic acids is 2. The minimum atomic E-state index is -0.656. The highest BCUT2D eigenvalue weighted by molar-refractivity contribution is 7.19. The van der Waals surface area contributed by atoms with Gasteiger partial charge in [0.25, 0.3) is 11.8 Å². The van der Waals surface area contributed by atoms with E-state index in [1.54, 1.807) is 11.9 Å². The van der Waals surface area contributed by atoms with Crippen molar-refractivity contribution in [3.05, 3.63) is 10.4 Å². The quantitative estimate of drug-likeness (QED) is 0.688. The minimum absolute atomic E-state index is 0.0697. The summed E-state index contributed by atoms with van der Waals surface area (Å²) in [5, 5.41) is 0.571. The number of hydrogen-bond donors (Lipinski definition) is 3. The first-order valence-corrected chi connectivity index (χ1v) is 5.44. The van der Waals surface area contributed by atoms with Gasteiger partial charge in [-0.25, -0.2) is 0 Å². The molecule has 1 rings (SSSR count). The summed E-state index contributed by atoms with van der Waals surface area (Å²) in [6, 6.07) is 0. The number of nitrogen functional groups attached to an aromatic ring is 1. The molecule has 0 spiro atoms. The Morgan fingerprint density at radius 1 is 1.31 bits per heavy atom. The van der Waals surface area contributed by atoms with Crippen LogP contribution >= 0.6 is 11.3 Å². The smallest absolute Gasteiger partial charge is 0.260 e. The standard InChI is InChI=1S/C9H14N4O2S/c1-3-13(2)9-4(7(11)14)5(10)6(16-9)8(12)15/h3,10H2,1-2H3,(H2,11,14)(H2,12,15). The van der Waals surface area contributed by atoms with Crippen molar-refractivity contribution >= 4 is 33.8 Å². The third-order valence-corrected chi connectivity index (χ3v) is 3.55. The minimum Gasteiger partial charge on any atom is -0.397 e. The molecule has 0 aromatic carbocycles. The molecular weight excluding hydrogens is 228 g/mol. The molecule has 1 aromatic heterocycles. The van der Waals surface area contributed by atoms with Crippen molar-refractivity contribution in [2.45, 2.75) is 6.92 Å². The molecule has 0 aliphatic carbocycles. The third kappa shape index (κ3) is 1.94. The average molecular weight is 242 g/mol. The summed E-state index contributed by atoms with van der Waals surface area (Å²) in [4.78, 5) is 24.3. The summed E-state index contributed by atoms with van der Waals surface area (Å²) >= 11 is 1.08. The number of carbonyl (C=O) groups is 2. The molecule has 1 heterocycles. The van der Waals surface area contributed by atoms with Gasteiger partial charge in [0.1, 0.15) is 9.88 Å². The zero-order valence-electron chi connectivity index (χ0n) is 9.11. The van der Waals surface area contributed by atoms with E-state index in [1.165, 1.54) is 0 Å². The lowest BCUT2D eigenvalue weighted by Gasteiger charge is -2.15. The Morgan fingerprint density at radius 2 is 1.88 bits per heavy atom. The highest BCUT2D eigenvalue weighted by atomic mass is 32.1. The fourth-order valence-electron chi connectivity index (χ4n) is 1.26. The number of nitrogens with zero attached hydrogens (tertiary/aromatic N) is 1. The molecule has 7 heteroatoms. The van der Waals surface area contributed by atoms with Gasteiger partial charge in [-0.2, -0.15) is 0 Å². The monoisotopic (exact) mass is 242 g/mol. The van der Waals surface area contributed by atoms with Gasteiger partial charge in [0.15, 0.2) is 0 Å². The molecule has 88 valence electrons. The Balaban J connectivity index is 3.42. The number of nitrogens with two attached hydrogens (primary N) is 3. The number of thiophene rings is 1. The van der Waals surface area contributed by atoms with Crippen molar-refractivity contribution in [1.29, 1.82) is 0 Å². The SMILES string of the molecule is CCN(C)c1sc(C(N)=O)c(N)c1C(N)=O. The van der Waals surface area contributed by atoms with Crippen LogP contribution in [0.4, 0.5) is 10.7 Å². The number of amides is 2. The maximum Gasteiger partial charge on any atom is 0.260 e. The second kappa shape index (κ2) is 4.40. The van der Waals surface area contributed by atoms with Crippen LogP contribution in [0, 0.1) is 0 Å². The molecule has 6 nitrogen and oxygen atoms in total. The van der Waals surface area contributed by atoms with Gasteiger partial charge in [-0.3, -0.25) is 9.59 Å². The Hall–Kier alpha value is -1.76. The van der Waals surface area contributed by atoms with E-state index < -0.39 is 11.8 Å². The van der Waals surface area contributed by atoms with E-state index >= 15 is 0 Å². The Bertz CT molecular complexity index is 441. The van der Waals surface area contributed by atoms with Gasteiger partial charge in [-0.15, -0.1) is 11.3 Å². The largest absolute Gasteiger partial charge is 0.397 e. The normalized spacial score (nSPS) is 10.1. The van der Waals surface area contributed by atoms with Gasteiger partial charge >= 0.3 is 0 Å². The molecule has 1 aromatic rings. The zero-order chi connectivity index (χ0) is 12.5. The molecule has 0 aliphatic heterocycles. The average Bonchev–Trinajstić information content (AvgIpc) is 2.54. The molecule has 6 N–H and O–H groups in total. The molecule has 0 saturated heterocycles. The lowest BCUT2D eigenvalue weighted by atomic mass is 10.2. The van der Waals surface area contributed by atoms with Crippen LogP contribution in [0.25, 0.3) is 0 Å². The van der Waals surface area contributed by atoms with Gasteiger partial charge in [0, 0.05) is 13.6 Å². The third-order valence-electron chi connectivity index (χ3n) is 2.22. The van der Waals surface area contributed by atoms with E-state index in [2.05, 4.69) is 0 Å². The van der Waals surface area contributed by atoms with E-state index in [0.29, 0.717) is 11.5 Å². The van der Waals surface area contributed by atoms with Crippen molar-refractivity contribution in [2.75, 3.05) is 24.2 Å². The van der Waals surface area contributed by atoms with Crippen molar-refractivity contribution in [3.63, 3.8) is 0 Å². The summed E-state index contributed by atoms with van der Waals surface area (Å²) in [5.74, 6) is -1.31. The Labute approximate surface area is 97.0 Å². The van der Waals surface area contributed by atoms with Gasteiger partial charge < -0.3 is 22.1 Å². The van der Waals surface area contributed by atoms with Crippen LogP contribution < -0.4 is 22.1 Å². The molecule has 0 fully saturated rings. The first kappa shape index (κ1) is 12.3. The molecule has 0 saturated carbocycles. The maximum absolute atomic E-state index is 11.3. The molecule has 0 radical (unpaired) electrons. The van der Waals surface area contributed by atoms with Gasteiger partial charge in [0.05, 0.1) is 11.3 Å². The summed E-state index contributed by atoms with van der Waals surface area (Å²) in [7, 11) is 1.78. The second-order valence-electron chi connectivity index (χ2n) is 3.27. The predicted molar refractivity (Wildman–Crippen MR) is 64.7 cm³/mol. The van der Waals surface area contributed by atoms with Crippen LogP contribution in [-0.4, -0.2) is 25.4 Å². The number of anilines is 2. The Kier molecular flexibility index (Phi) is 3.38. The second-order valence-corrected chi connectivity index (χ2v) is 4.27. The number of rotatable bonds is 4. The van der Waals surface area contributed by atoms with Crippen LogP contribution in [0.3, 0.4) is 0 Å². The van der Waals surface area contributed by atoms with E-state index in [9.17, 15) is 9.59 Å². The number of hydrogen-bond acceptors (Lipinski definition) is 5. The summed E-state index contributed by atoms with van der Waals surface area (Å²) in [6.45, 7) is 2.57. The summed E-state index contributed by atoms with van der Waals surface area (Å²) < 4.78 is 0. The highest BCUT2D eigenvalue weighted by Gasteiger charge is 2.24. The van der Waals surface area contributed by atoms with Gasteiger partial charge in [0.2, 0.25) is 0 Å². The van der Waals surface area contributed by atoms with E-state index in [0.717, 1.165) is 11.3 Å². The molecule has 2 amide bonds. The first-order chi connectivity index (χ1) is 7.40. The van der Waals surface area contributed by atoms with Gasteiger partial charge in [-0.05, 0) is 6.92 Å². The van der Waals surface area contributed by atoms with Crippen LogP contribution in [0.5, 0.6) is 0 Å². The Morgan fingerprint density at radius 3 is 2.25 bits per heavy atom. The maximum atomic E-state index is 11.3. The lowest BCUT2D eigenvalue weighted by molar-refractivity contribution is 0.0999. The lowest BCUT2D eigenvalue weighted by Crippen LogP contribution is -2.21. The topological polar surface area (TPSA) is 115 Å². The summed E-state index contributed by atoms with van der Waals surface area (Å²) in [5.41, 5.74) is 16.3. The van der Waals surface area contributed by atoms with E-state index in [4.69, 9.17) is 17.2 Å². The van der Waals surface area contributed by atoms with Gasteiger partial charge in [-0.1, -0.05) is 0 Å². The van der Waals surface area contributed by atoms with Crippen LogP contribution in [0.2, 0.25) is 0 Å². The fourth-order valence-corrected chi connectivity index (χ4v) is 2.37. The van der Waals surface area contributed by atoms with Crippen LogP contribution in [0.1, 0.15) is 27.0 Å². The zero-order valence-corrected chi connectivity index (χ0v) is 9.93. The first-order valence-electron chi connectivity index (χ1n) is 4.63. The van der Waals surface area contributed by atoms with E-state index in [-0.39, 0.29) is 16.1 Å².